The molecule has 4 rings (SSSR count). The minimum absolute atomic E-state index is 0.284. The molecule has 0 radical (unpaired) electrons. The first-order chi connectivity index (χ1) is 13.5. The Kier molecular flexibility index (Phi) is 4.89. The van der Waals surface area contributed by atoms with Gasteiger partial charge in [0.25, 0.3) is 5.91 Å². The molecule has 0 aliphatic rings. The van der Waals surface area contributed by atoms with E-state index in [1.807, 2.05) is 60.8 Å². The van der Waals surface area contributed by atoms with Crippen LogP contribution >= 0.6 is 11.3 Å². The van der Waals surface area contributed by atoms with Crippen molar-refractivity contribution in [2.75, 3.05) is 12.4 Å². The molecule has 28 heavy (non-hydrogen) atoms. The molecule has 4 aromatic rings. The third-order valence-electron chi connectivity index (χ3n) is 4.26. The molecular weight excluding hydrogens is 374 g/mol. The minimum Gasteiger partial charge on any atom is -0.377 e. The molecule has 0 aliphatic carbocycles. The van der Waals surface area contributed by atoms with Crippen molar-refractivity contribution < 1.29 is 9.53 Å². The number of carbonyl (C=O) groups is 1. The lowest BCUT2D eigenvalue weighted by atomic mass is 10.1. The second-order valence-electron chi connectivity index (χ2n) is 6.50. The van der Waals surface area contributed by atoms with Crippen molar-refractivity contribution in [1.82, 2.24) is 19.6 Å². The number of ether oxygens (including phenoxy) is 1. The van der Waals surface area contributed by atoms with Gasteiger partial charge in [-0.2, -0.15) is 0 Å². The fourth-order valence-corrected chi connectivity index (χ4v) is 3.63. The molecule has 3 aromatic heterocycles. The monoisotopic (exact) mass is 393 g/mol. The van der Waals surface area contributed by atoms with E-state index in [1.54, 1.807) is 7.11 Å². The lowest BCUT2D eigenvalue weighted by Gasteiger charge is -2.06. The highest BCUT2D eigenvalue weighted by Crippen LogP contribution is 2.27. The number of nitrogens with zero attached hydrogens (tertiary/aromatic N) is 4. The number of carbonyl (C=O) groups excluding carboxylic acids is 1. The van der Waals surface area contributed by atoms with Crippen LogP contribution in [-0.4, -0.2) is 32.6 Å². The standard InChI is InChI=1S/C20H19N5O2S/c1-12-4-7-14(8-5-12)17-18(25-10-13(2)6-9-15(25)21-17)19(26)22-20-24-23-16(28-20)11-27-3/h4-10H,11H2,1-3H3,(H,22,24,26). The fraction of sp³-hybridized carbons (Fsp3) is 0.200. The SMILES string of the molecule is COCc1nnc(NC(=O)c2c(-c3ccc(C)cc3)nc3ccc(C)cn23)s1. The molecule has 0 saturated heterocycles. The molecule has 1 aromatic carbocycles. The summed E-state index contributed by atoms with van der Waals surface area (Å²) < 4.78 is 6.87. The highest BCUT2D eigenvalue weighted by atomic mass is 32.1. The van der Waals surface area contributed by atoms with E-state index in [2.05, 4.69) is 15.5 Å². The van der Waals surface area contributed by atoms with E-state index in [-0.39, 0.29) is 5.91 Å². The third kappa shape index (κ3) is 3.51. The van der Waals surface area contributed by atoms with E-state index in [4.69, 9.17) is 9.72 Å². The van der Waals surface area contributed by atoms with Crippen LogP contribution in [0.4, 0.5) is 5.13 Å². The number of hydrogen-bond donors (Lipinski definition) is 1. The van der Waals surface area contributed by atoms with Crippen molar-refractivity contribution in [2.45, 2.75) is 20.5 Å². The van der Waals surface area contributed by atoms with Gasteiger partial charge in [-0.25, -0.2) is 4.98 Å². The van der Waals surface area contributed by atoms with Gasteiger partial charge in [0.15, 0.2) is 0 Å². The predicted molar refractivity (Wildman–Crippen MR) is 109 cm³/mol. The molecule has 0 bridgehead atoms. The van der Waals surface area contributed by atoms with Crippen LogP contribution in [0.15, 0.2) is 42.6 Å². The van der Waals surface area contributed by atoms with Crippen LogP contribution in [0.2, 0.25) is 0 Å². The average Bonchev–Trinajstić information content (AvgIpc) is 3.26. The van der Waals surface area contributed by atoms with Gasteiger partial charge in [0.05, 0.1) is 0 Å². The smallest absolute Gasteiger partial charge is 0.276 e. The largest absolute Gasteiger partial charge is 0.377 e. The van der Waals surface area contributed by atoms with Gasteiger partial charge in [-0.1, -0.05) is 47.2 Å². The minimum atomic E-state index is -0.284. The molecule has 1 amide bonds. The molecule has 0 fully saturated rings. The fourth-order valence-electron chi connectivity index (χ4n) is 2.92. The number of rotatable bonds is 5. The summed E-state index contributed by atoms with van der Waals surface area (Å²) in [5.74, 6) is -0.284. The average molecular weight is 393 g/mol. The normalized spacial score (nSPS) is 11.1. The number of fused-ring (bicyclic) bond motifs is 1. The Morgan fingerprint density at radius 3 is 2.61 bits per heavy atom. The number of pyridine rings is 1. The predicted octanol–water partition coefficient (Wildman–Crippen LogP) is 3.87. The summed E-state index contributed by atoms with van der Waals surface area (Å²) in [5.41, 5.74) is 4.87. The highest BCUT2D eigenvalue weighted by Gasteiger charge is 2.22. The molecule has 0 spiro atoms. The quantitative estimate of drug-likeness (QED) is 0.557. The molecule has 0 saturated carbocycles. The molecule has 3 heterocycles. The van der Waals surface area contributed by atoms with Gasteiger partial charge in [0.1, 0.15) is 28.6 Å². The van der Waals surface area contributed by atoms with Gasteiger partial charge < -0.3 is 4.74 Å². The van der Waals surface area contributed by atoms with Crippen LogP contribution in [0, 0.1) is 13.8 Å². The summed E-state index contributed by atoms with van der Waals surface area (Å²) in [6.07, 6.45) is 1.91. The number of aryl methyl sites for hydroxylation is 2. The van der Waals surface area contributed by atoms with Crippen LogP contribution in [0.1, 0.15) is 26.6 Å². The zero-order valence-corrected chi connectivity index (χ0v) is 16.6. The van der Waals surface area contributed by atoms with Crippen molar-refractivity contribution >= 4 is 28.0 Å². The van der Waals surface area contributed by atoms with E-state index in [0.29, 0.717) is 33.8 Å². The van der Waals surface area contributed by atoms with E-state index in [9.17, 15) is 4.79 Å². The Morgan fingerprint density at radius 2 is 1.86 bits per heavy atom. The van der Waals surface area contributed by atoms with Gasteiger partial charge in [-0.3, -0.25) is 14.5 Å². The second kappa shape index (κ2) is 7.49. The topological polar surface area (TPSA) is 81.4 Å². The highest BCUT2D eigenvalue weighted by molar-refractivity contribution is 7.15. The number of methoxy groups -OCH3 is 1. The molecular formula is C20H19N5O2S. The number of hydrogen-bond acceptors (Lipinski definition) is 6. The number of aromatic nitrogens is 4. The Balaban J connectivity index is 1.78. The van der Waals surface area contributed by atoms with Crippen LogP contribution in [0.5, 0.6) is 0 Å². The van der Waals surface area contributed by atoms with Crippen LogP contribution in [0.3, 0.4) is 0 Å². The van der Waals surface area contributed by atoms with Crippen molar-refractivity contribution in [3.63, 3.8) is 0 Å². The van der Waals surface area contributed by atoms with Gasteiger partial charge in [0, 0.05) is 18.9 Å². The molecule has 142 valence electrons. The number of amides is 1. The summed E-state index contributed by atoms with van der Waals surface area (Å²) in [4.78, 5) is 17.9. The first-order valence-corrected chi connectivity index (χ1v) is 9.55. The summed E-state index contributed by atoms with van der Waals surface area (Å²) in [6.45, 7) is 4.36. The number of nitrogens with one attached hydrogen (secondary N) is 1. The molecule has 0 atom stereocenters. The van der Waals surface area contributed by atoms with E-state index < -0.39 is 0 Å². The summed E-state index contributed by atoms with van der Waals surface area (Å²) in [5, 5.41) is 12.0. The van der Waals surface area contributed by atoms with E-state index in [0.717, 1.165) is 16.7 Å². The maximum atomic E-state index is 13.2. The molecule has 1 N–H and O–H groups in total. The zero-order valence-electron chi connectivity index (χ0n) is 15.8. The lowest BCUT2D eigenvalue weighted by molar-refractivity contribution is 0.102. The van der Waals surface area contributed by atoms with Crippen LogP contribution in [-0.2, 0) is 11.3 Å². The third-order valence-corrected chi connectivity index (χ3v) is 5.07. The van der Waals surface area contributed by atoms with Crippen molar-refractivity contribution in [3.8, 4) is 11.3 Å². The summed E-state index contributed by atoms with van der Waals surface area (Å²) in [7, 11) is 1.59. The Labute approximate surface area is 166 Å². The van der Waals surface area contributed by atoms with Crippen molar-refractivity contribution in [2.24, 2.45) is 0 Å². The first kappa shape index (κ1) is 18.3. The lowest BCUT2D eigenvalue weighted by Crippen LogP contribution is -2.15. The first-order valence-electron chi connectivity index (χ1n) is 8.73. The Morgan fingerprint density at radius 1 is 1.11 bits per heavy atom. The van der Waals surface area contributed by atoms with E-state index >= 15 is 0 Å². The van der Waals surface area contributed by atoms with Gasteiger partial charge >= 0.3 is 0 Å². The number of benzene rings is 1. The maximum absolute atomic E-state index is 13.2. The number of anilines is 1. The molecule has 8 heteroatoms. The van der Waals surface area contributed by atoms with Crippen molar-refractivity contribution in [3.05, 3.63) is 64.4 Å². The summed E-state index contributed by atoms with van der Waals surface area (Å²) in [6, 6.07) is 11.9. The van der Waals surface area contributed by atoms with Crippen molar-refractivity contribution in [1.29, 1.82) is 0 Å². The van der Waals surface area contributed by atoms with E-state index in [1.165, 1.54) is 11.3 Å². The maximum Gasteiger partial charge on any atom is 0.276 e. The van der Waals surface area contributed by atoms with Gasteiger partial charge in [-0.15, -0.1) is 10.2 Å². The Bertz CT molecular complexity index is 1150. The molecule has 7 nitrogen and oxygen atoms in total. The van der Waals surface area contributed by atoms with Crippen LogP contribution in [0.25, 0.3) is 16.9 Å². The van der Waals surface area contributed by atoms with Gasteiger partial charge in [-0.05, 0) is 25.5 Å². The number of imidazole rings is 1. The van der Waals surface area contributed by atoms with Gasteiger partial charge in [0.2, 0.25) is 5.13 Å². The van der Waals surface area contributed by atoms with Crippen LogP contribution < -0.4 is 5.32 Å². The molecule has 0 unspecified atom stereocenters. The second-order valence-corrected chi connectivity index (χ2v) is 7.56. The zero-order chi connectivity index (χ0) is 19.7. The Hall–Kier alpha value is -3.10. The molecule has 0 aliphatic heterocycles. The summed E-state index contributed by atoms with van der Waals surface area (Å²) >= 11 is 1.29.